The summed E-state index contributed by atoms with van der Waals surface area (Å²) in [5, 5.41) is 0.730. The molecule has 1 fully saturated rings. The number of hydrogen-bond donors (Lipinski definition) is 0. The predicted octanol–water partition coefficient (Wildman–Crippen LogP) is 1.91. The Balaban J connectivity index is 1.56. The van der Waals surface area contributed by atoms with Crippen molar-refractivity contribution in [3.63, 3.8) is 0 Å². The van der Waals surface area contributed by atoms with Gasteiger partial charge in [-0.3, -0.25) is 9.78 Å². The Morgan fingerprint density at radius 2 is 2.00 bits per heavy atom. The van der Waals surface area contributed by atoms with Crippen LogP contribution in [0.1, 0.15) is 41.4 Å². The number of fused-ring (bicyclic) bond motifs is 2. The minimum atomic E-state index is -3.11. The minimum absolute atomic E-state index is 0.0432. The fourth-order valence-electron chi connectivity index (χ4n) is 4.26. The minimum Gasteiger partial charge on any atom is -0.449 e. The van der Waals surface area contributed by atoms with Crippen LogP contribution in [0.15, 0.2) is 24.3 Å². The Kier molecular flexibility index (Phi) is 5.06. The summed E-state index contributed by atoms with van der Waals surface area (Å²) < 4.78 is 29.0. The average Bonchev–Trinajstić information content (AvgIpc) is 3.30. The lowest BCUT2D eigenvalue weighted by molar-refractivity contribution is -0.140. The van der Waals surface area contributed by atoms with Crippen LogP contribution in [0.2, 0.25) is 0 Å². The van der Waals surface area contributed by atoms with Crippen molar-refractivity contribution >= 4 is 32.6 Å². The van der Waals surface area contributed by atoms with Crippen LogP contribution in [-0.2, 0) is 32.2 Å². The van der Waals surface area contributed by atoms with Crippen LogP contribution in [0.5, 0.6) is 0 Å². The van der Waals surface area contributed by atoms with Gasteiger partial charge in [-0.2, -0.15) is 0 Å². The topological polar surface area (TPSA) is 93.6 Å². The van der Waals surface area contributed by atoms with Crippen molar-refractivity contribution in [3.8, 4) is 0 Å². The summed E-state index contributed by atoms with van der Waals surface area (Å²) in [5.74, 6) is -0.887. The molecule has 4 rings (SSSR count). The largest absolute Gasteiger partial charge is 0.449 e. The summed E-state index contributed by atoms with van der Waals surface area (Å²) in [5.41, 5.74) is 3.06. The van der Waals surface area contributed by atoms with Gasteiger partial charge in [0.25, 0.3) is 5.91 Å². The van der Waals surface area contributed by atoms with E-state index in [2.05, 4.69) is 4.98 Å². The van der Waals surface area contributed by atoms with Crippen molar-refractivity contribution in [2.45, 2.75) is 44.8 Å². The SMILES string of the molecule is C[C@H](OC(=O)c1c2c(nc3ccccc13)CCC2)C(=O)N(C)[C@@H]1CCS(=O)(=O)C1. The van der Waals surface area contributed by atoms with Crippen LogP contribution in [0.25, 0.3) is 10.9 Å². The molecular weight excluding hydrogens is 392 g/mol. The molecule has 0 radical (unpaired) electrons. The number of sulfone groups is 1. The van der Waals surface area contributed by atoms with Gasteiger partial charge in [-0.25, -0.2) is 13.2 Å². The van der Waals surface area contributed by atoms with E-state index in [0.717, 1.165) is 41.4 Å². The molecule has 8 heteroatoms. The van der Waals surface area contributed by atoms with Crippen molar-refractivity contribution < 1.29 is 22.7 Å². The number of nitrogens with zero attached hydrogens (tertiary/aromatic N) is 2. The Labute approximate surface area is 170 Å². The van der Waals surface area contributed by atoms with Gasteiger partial charge in [-0.15, -0.1) is 0 Å². The van der Waals surface area contributed by atoms with Gasteiger partial charge in [-0.1, -0.05) is 18.2 Å². The molecule has 1 saturated heterocycles. The molecule has 0 spiro atoms. The molecule has 0 unspecified atom stereocenters. The zero-order valence-corrected chi connectivity index (χ0v) is 17.4. The highest BCUT2D eigenvalue weighted by atomic mass is 32.2. The summed E-state index contributed by atoms with van der Waals surface area (Å²) in [7, 11) is -1.54. The monoisotopic (exact) mass is 416 g/mol. The van der Waals surface area contributed by atoms with Crippen LogP contribution in [0.3, 0.4) is 0 Å². The van der Waals surface area contributed by atoms with Crippen molar-refractivity contribution in [2.75, 3.05) is 18.6 Å². The summed E-state index contributed by atoms with van der Waals surface area (Å²) in [6.45, 7) is 1.53. The number of esters is 1. The van der Waals surface area contributed by atoms with Crippen LogP contribution in [-0.4, -0.2) is 60.9 Å². The predicted molar refractivity (Wildman–Crippen MR) is 108 cm³/mol. The van der Waals surface area contributed by atoms with Gasteiger partial charge >= 0.3 is 5.97 Å². The fraction of sp³-hybridized carbons (Fsp3) is 0.476. The lowest BCUT2D eigenvalue weighted by atomic mass is 10.0. The standard InChI is InChI=1S/C21H24N2O5S/c1-13(20(24)23(2)14-10-11-29(26,27)12-14)28-21(25)19-15-6-3-4-8-17(15)22-18-9-5-7-16(18)19/h3-4,6,8,13-14H,5,7,9-12H2,1-2H3/t13-,14+/m0/s1. The summed E-state index contributed by atoms with van der Waals surface area (Å²) in [6.07, 6.45) is 1.94. The Bertz CT molecular complexity index is 1100. The molecule has 7 nitrogen and oxygen atoms in total. The first-order valence-corrected chi connectivity index (χ1v) is 11.7. The molecule has 0 saturated carbocycles. The number of ether oxygens (including phenoxy) is 1. The molecule has 154 valence electrons. The summed E-state index contributed by atoms with van der Waals surface area (Å²) >= 11 is 0. The van der Waals surface area contributed by atoms with E-state index in [0.29, 0.717) is 12.0 Å². The number of aryl methyl sites for hydroxylation is 1. The molecule has 2 atom stereocenters. The molecule has 2 aliphatic rings. The van der Waals surface area contributed by atoms with Crippen LogP contribution in [0, 0.1) is 0 Å². The summed E-state index contributed by atoms with van der Waals surface area (Å²) in [6, 6.07) is 7.07. The first kappa shape index (κ1) is 19.8. The van der Waals surface area contributed by atoms with E-state index in [9.17, 15) is 18.0 Å². The zero-order valence-electron chi connectivity index (χ0n) is 16.6. The maximum Gasteiger partial charge on any atom is 0.339 e. The lowest BCUT2D eigenvalue weighted by Crippen LogP contribution is -2.44. The second-order valence-electron chi connectivity index (χ2n) is 7.84. The van der Waals surface area contributed by atoms with E-state index in [1.54, 1.807) is 7.05 Å². The van der Waals surface area contributed by atoms with Crippen LogP contribution >= 0.6 is 0 Å². The van der Waals surface area contributed by atoms with Gasteiger partial charge in [0.2, 0.25) is 0 Å². The molecule has 1 aliphatic carbocycles. The highest BCUT2D eigenvalue weighted by Gasteiger charge is 2.35. The molecule has 1 aromatic carbocycles. The lowest BCUT2D eigenvalue weighted by Gasteiger charge is -2.26. The van der Waals surface area contributed by atoms with E-state index in [-0.39, 0.29) is 17.5 Å². The fourth-order valence-corrected chi connectivity index (χ4v) is 6.04. The highest BCUT2D eigenvalue weighted by Crippen LogP contribution is 2.30. The van der Waals surface area contributed by atoms with E-state index in [1.165, 1.54) is 11.8 Å². The average molecular weight is 416 g/mol. The van der Waals surface area contributed by atoms with Gasteiger partial charge in [0.15, 0.2) is 15.9 Å². The number of benzene rings is 1. The number of rotatable bonds is 4. The van der Waals surface area contributed by atoms with Gasteiger partial charge in [-0.05, 0) is 44.2 Å². The van der Waals surface area contributed by atoms with Gasteiger partial charge in [0.1, 0.15) is 0 Å². The molecule has 29 heavy (non-hydrogen) atoms. The highest BCUT2D eigenvalue weighted by molar-refractivity contribution is 7.91. The van der Waals surface area contributed by atoms with E-state index in [4.69, 9.17) is 4.74 Å². The second kappa shape index (κ2) is 7.40. The first-order valence-electron chi connectivity index (χ1n) is 9.85. The third-order valence-corrected chi connectivity index (χ3v) is 7.61. The van der Waals surface area contributed by atoms with E-state index < -0.39 is 27.8 Å². The van der Waals surface area contributed by atoms with Crippen molar-refractivity contribution in [1.82, 2.24) is 9.88 Å². The quantitative estimate of drug-likeness (QED) is 0.707. The Hall–Kier alpha value is -2.48. The van der Waals surface area contributed by atoms with E-state index in [1.807, 2.05) is 24.3 Å². The van der Waals surface area contributed by atoms with Crippen LogP contribution in [0.4, 0.5) is 0 Å². The van der Waals surface area contributed by atoms with Crippen LogP contribution < -0.4 is 0 Å². The number of para-hydroxylation sites is 1. The third-order valence-electron chi connectivity index (χ3n) is 5.86. The molecule has 0 N–H and O–H groups in total. The number of carbonyl (C=O) groups excluding carboxylic acids is 2. The van der Waals surface area contributed by atoms with Crippen molar-refractivity contribution in [2.24, 2.45) is 0 Å². The molecular formula is C21H24N2O5S. The molecule has 1 aliphatic heterocycles. The van der Waals surface area contributed by atoms with Gasteiger partial charge < -0.3 is 9.64 Å². The normalized spacial score (nSPS) is 21.0. The van der Waals surface area contributed by atoms with Gasteiger partial charge in [0, 0.05) is 24.2 Å². The maximum atomic E-state index is 13.1. The number of hydrogen-bond acceptors (Lipinski definition) is 6. The number of amides is 1. The van der Waals surface area contributed by atoms with E-state index >= 15 is 0 Å². The molecule has 1 aromatic heterocycles. The molecule has 2 aromatic rings. The zero-order chi connectivity index (χ0) is 20.8. The molecule has 0 bridgehead atoms. The number of pyridine rings is 1. The molecule has 1 amide bonds. The Morgan fingerprint density at radius 3 is 2.72 bits per heavy atom. The van der Waals surface area contributed by atoms with Crippen molar-refractivity contribution in [3.05, 3.63) is 41.1 Å². The smallest absolute Gasteiger partial charge is 0.339 e. The number of carbonyl (C=O) groups is 2. The van der Waals surface area contributed by atoms with Crippen molar-refractivity contribution in [1.29, 1.82) is 0 Å². The third kappa shape index (κ3) is 3.73. The second-order valence-corrected chi connectivity index (χ2v) is 10.1. The maximum absolute atomic E-state index is 13.1. The number of aromatic nitrogens is 1. The summed E-state index contributed by atoms with van der Waals surface area (Å²) in [4.78, 5) is 31.9. The first-order chi connectivity index (χ1) is 13.8. The number of likely N-dealkylation sites (N-methyl/N-ethyl adjacent to an activating group) is 1. The van der Waals surface area contributed by atoms with Gasteiger partial charge in [0.05, 0.1) is 22.6 Å². The molecule has 2 heterocycles. The Morgan fingerprint density at radius 1 is 1.24 bits per heavy atom.